The van der Waals surface area contributed by atoms with Crippen LogP contribution in [0.15, 0.2) is 18.2 Å². The van der Waals surface area contributed by atoms with Crippen molar-refractivity contribution < 1.29 is 23.9 Å². The molecule has 1 atom stereocenters. The molecule has 0 aromatic heterocycles. The molecule has 6 heteroatoms. The highest BCUT2D eigenvalue weighted by molar-refractivity contribution is 5.94. The number of carbonyl (C=O) groups is 3. The molecule has 1 N–H and O–H groups in total. The van der Waals surface area contributed by atoms with Gasteiger partial charge in [0.2, 0.25) is 0 Å². The van der Waals surface area contributed by atoms with Crippen LogP contribution in [0.5, 0.6) is 5.75 Å². The molecule has 1 aromatic rings. The Hall–Kier alpha value is -2.37. The van der Waals surface area contributed by atoms with Crippen LogP contribution in [0.1, 0.15) is 68.3 Å². The van der Waals surface area contributed by atoms with Gasteiger partial charge in [-0.1, -0.05) is 0 Å². The van der Waals surface area contributed by atoms with E-state index >= 15 is 0 Å². The van der Waals surface area contributed by atoms with Crippen molar-refractivity contribution in [3.05, 3.63) is 29.3 Å². The van der Waals surface area contributed by atoms with Gasteiger partial charge in [0, 0.05) is 17.2 Å². The number of hydrogen-bond donors (Lipinski definition) is 1. The van der Waals surface area contributed by atoms with E-state index < -0.39 is 5.97 Å². The van der Waals surface area contributed by atoms with Gasteiger partial charge in [-0.2, -0.15) is 0 Å². The summed E-state index contributed by atoms with van der Waals surface area (Å²) >= 11 is 0. The summed E-state index contributed by atoms with van der Waals surface area (Å²) in [7, 11) is 1.51. The van der Waals surface area contributed by atoms with Gasteiger partial charge in [-0.05, 0) is 93.7 Å². The second-order valence-electron chi connectivity index (χ2n) is 9.99. The lowest BCUT2D eigenvalue weighted by molar-refractivity contribution is -0.148. The number of rotatable bonds is 8. The Labute approximate surface area is 184 Å². The normalized spacial score (nSPS) is 29.3. The summed E-state index contributed by atoms with van der Waals surface area (Å²) in [6.07, 6.45) is 7.69. The third-order valence-corrected chi connectivity index (χ3v) is 7.77. The first-order valence-corrected chi connectivity index (χ1v) is 11.4. The zero-order valence-electron chi connectivity index (χ0n) is 18.7. The van der Waals surface area contributed by atoms with E-state index in [0.29, 0.717) is 16.9 Å². The summed E-state index contributed by atoms with van der Waals surface area (Å²) in [5.74, 6) is 2.13. The zero-order valence-corrected chi connectivity index (χ0v) is 18.7. The van der Waals surface area contributed by atoms with Gasteiger partial charge in [0.25, 0.3) is 5.91 Å². The third-order valence-electron chi connectivity index (χ3n) is 7.77. The molecule has 1 aromatic carbocycles. The molecule has 0 saturated heterocycles. The van der Waals surface area contributed by atoms with Crippen LogP contribution in [0.2, 0.25) is 0 Å². The fraction of sp³-hybridized carbons (Fsp3) is 0.640. The number of esters is 1. The van der Waals surface area contributed by atoms with Crippen molar-refractivity contribution in [2.75, 3.05) is 13.7 Å². The average Bonchev–Trinajstić information content (AvgIpc) is 2.71. The number of carbonyl (C=O) groups excluding carboxylic acids is 3. The first kappa shape index (κ1) is 21.8. The monoisotopic (exact) mass is 427 g/mol. The van der Waals surface area contributed by atoms with E-state index in [0.717, 1.165) is 17.8 Å². The van der Waals surface area contributed by atoms with Crippen molar-refractivity contribution in [2.45, 2.75) is 64.8 Å². The van der Waals surface area contributed by atoms with Crippen molar-refractivity contribution in [1.29, 1.82) is 0 Å². The number of Topliss-reactive ketones (excluding diaryl/α,β-unsaturated/α-hetero) is 1. The van der Waals surface area contributed by atoms with Crippen molar-refractivity contribution >= 4 is 17.7 Å². The Morgan fingerprint density at radius 1 is 1.10 bits per heavy atom. The molecule has 0 unspecified atom stereocenters. The summed E-state index contributed by atoms with van der Waals surface area (Å²) in [5.41, 5.74) is 1.29. The third kappa shape index (κ3) is 4.63. The Bertz CT molecular complexity index is 841. The number of benzene rings is 1. The number of nitrogens with one attached hydrogen (secondary N) is 1. The summed E-state index contributed by atoms with van der Waals surface area (Å²) < 4.78 is 10.5. The molecule has 0 spiro atoms. The summed E-state index contributed by atoms with van der Waals surface area (Å²) in [6.45, 7) is 3.30. The minimum Gasteiger partial charge on any atom is -0.496 e. The van der Waals surface area contributed by atoms with Crippen LogP contribution in [0, 0.1) is 23.2 Å². The minimum atomic E-state index is -0.517. The first-order valence-electron chi connectivity index (χ1n) is 11.4. The Balaban J connectivity index is 1.30. The summed E-state index contributed by atoms with van der Waals surface area (Å²) in [5, 5.41) is 3.12. The van der Waals surface area contributed by atoms with E-state index in [2.05, 4.69) is 12.2 Å². The van der Waals surface area contributed by atoms with Crippen molar-refractivity contribution in [2.24, 2.45) is 23.2 Å². The number of amides is 1. The Morgan fingerprint density at radius 2 is 1.71 bits per heavy atom. The maximum absolute atomic E-state index is 12.5. The SMILES string of the molecule is COc1ccc(C(C)=O)cc1CC(=O)OCC(=O)N[C@H](C)C12CC3CC(CC(C3)C1)C2. The molecule has 4 saturated carbocycles. The fourth-order valence-electron chi connectivity index (χ4n) is 6.63. The molecular formula is C25H33NO5. The van der Waals surface area contributed by atoms with Crippen molar-refractivity contribution in [3.8, 4) is 5.75 Å². The zero-order chi connectivity index (χ0) is 22.2. The standard InChI is InChI=1S/C25H33NO5/c1-15(27)20-4-5-22(30-3)21(9-20)10-24(29)31-14-23(28)26-16(2)25-11-17-6-18(12-25)8-19(7-17)13-25/h4-5,9,16-19H,6-8,10-14H2,1-3H3,(H,26,28)/t16-,17?,18?,19?,25?/m1/s1. The van der Waals surface area contributed by atoms with Gasteiger partial charge in [-0.25, -0.2) is 0 Å². The lowest BCUT2D eigenvalue weighted by Gasteiger charge is -2.59. The van der Waals surface area contributed by atoms with Gasteiger partial charge in [0.1, 0.15) is 5.75 Å². The molecule has 1 amide bonds. The highest BCUT2D eigenvalue weighted by Crippen LogP contribution is 2.61. The molecule has 4 bridgehead atoms. The maximum Gasteiger partial charge on any atom is 0.310 e. The summed E-state index contributed by atoms with van der Waals surface area (Å²) in [4.78, 5) is 36.5. The Kier molecular flexibility index (Phi) is 6.09. The molecule has 0 radical (unpaired) electrons. The van der Waals surface area contributed by atoms with Crippen LogP contribution < -0.4 is 10.1 Å². The fourth-order valence-corrected chi connectivity index (χ4v) is 6.63. The van der Waals surface area contributed by atoms with Crippen LogP contribution in [-0.4, -0.2) is 37.4 Å². The van der Waals surface area contributed by atoms with Gasteiger partial charge >= 0.3 is 5.97 Å². The van der Waals surface area contributed by atoms with Crippen LogP contribution in [0.25, 0.3) is 0 Å². The highest BCUT2D eigenvalue weighted by atomic mass is 16.5. The van der Waals surface area contributed by atoms with Crippen LogP contribution >= 0.6 is 0 Å². The van der Waals surface area contributed by atoms with Gasteiger partial charge in [-0.3, -0.25) is 14.4 Å². The molecule has 31 heavy (non-hydrogen) atoms. The molecule has 0 aliphatic heterocycles. The highest BCUT2D eigenvalue weighted by Gasteiger charge is 2.53. The molecule has 4 aliphatic rings. The number of methoxy groups -OCH3 is 1. The van der Waals surface area contributed by atoms with E-state index in [1.807, 2.05) is 0 Å². The molecule has 5 rings (SSSR count). The van der Waals surface area contributed by atoms with Gasteiger partial charge in [-0.15, -0.1) is 0 Å². The molecule has 0 heterocycles. The topological polar surface area (TPSA) is 81.7 Å². The second-order valence-corrected chi connectivity index (χ2v) is 9.99. The van der Waals surface area contributed by atoms with Gasteiger partial charge in [0.05, 0.1) is 13.5 Å². The Morgan fingerprint density at radius 3 is 2.26 bits per heavy atom. The van der Waals surface area contributed by atoms with E-state index in [-0.39, 0.29) is 36.2 Å². The van der Waals surface area contributed by atoms with Crippen molar-refractivity contribution in [1.82, 2.24) is 5.32 Å². The predicted octanol–water partition coefficient (Wildman–Crippen LogP) is 3.70. The number of hydrogen-bond acceptors (Lipinski definition) is 5. The lowest BCUT2D eigenvalue weighted by Crippen LogP contribution is -2.56. The first-order chi connectivity index (χ1) is 14.8. The summed E-state index contributed by atoms with van der Waals surface area (Å²) in [6, 6.07) is 5.06. The van der Waals surface area contributed by atoms with Gasteiger partial charge < -0.3 is 14.8 Å². The average molecular weight is 428 g/mol. The predicted molar refractivity (Wildman–Crippen MR) is 116 cm³/mol. The minimum absolute atomic E-state index is 0.0535. The van der Waals surface area contributed by atoms with E-state index in [1.54, 1.807) is 18.2 Å². The largest absolute Gasteiger partial charge is 0.496 e. The van der Waals surface area contributed by atoms with Crippen LogP contribution in [0.4, 0.5) is 0 Å². The van der Waals surface area contributed by atoms with Crippen LogP contribution in [0.3, 0.4) is 0 Å². The number of ether oxygens (including phenoxy) is 2. The second kappa shape index (κ2) is 8.64. The molecule has 6 nitrogen and oxygen atoms in total. The van der Waals surface area contributed by atoms with E-state index in [9.17, 15) is 14.4 Å². The molecule has 4 fully saturated rings. The van der Waals surface area contributed by atoms with E-state index in [1.165, 1.54) is 52.6 Å². The van der Waals surface area contributed by atoms with Crippen LogP contribution in [-0.2, 0) is 20.7 Å². The molecular weight excluding hydrogens is 394 g/mol. The smallest absolute Gasteiger partial charge is 0.310 e. The molecule has 168 valence electrons. The lowest BCUT2D eigenvalue weighted by atomic mass is 9.48. The maximum atomic E-state index is 12.5. The molecule has 4 aliphatic carbocycles. The quantitative estimate of drug-likeness (QED) is 0.505. The van der Waals surface area contributed by atoms with E-state index in [4.69, 9.17) is 9.47 Å². The number of ketones is 1. The van der Waals surface area contributed by atoms with Crippen molar-refractivity contribution in [3.63, 3.8) is 0 Å². The van der Waals surface area contributed by atoms with Gasteiger partial charge in [0.15, 0.2) is 12.4 Å².